The summed E-state index contributed by atoms with van der Waals surface area (Å²) in [4.78, 5) is 22.2. The number of rotatable bonds is 37. The van der Waals surface area contributed by atoms with Gasteiger partial charge in [0.25, 0.3) is 0 Å². The zero-order chi connectivity index (χ0) is 35.2. The Hall–Kier alpha value is -1.44. The van der Waals surface area contributed by atoms with E-state index in [0.717, 1.165) is 57.8 Å². The fourth-order valence-electron chi connectivity index (χ4n) is 5.19. The summed E-state index contributed by atoms with van der Waals surface area (Å²) in [6, 6.07) is 0. The molecule has 0 saturated heterocycles. The van der Waals surface area contributed by atoms with Gasteiger partial charge in [0, 0.05) is 13.0 Å². The fraction of sp³-hybridized carbons (Fsp3) is 0.821. The largest absolute Gasteiger partial charge is 0.492 e. The van der Waals surface area contributed by atoms with Crippen molar-refractivity contribution in [2.45, 2.75) is 180 Å². The van der Waals surface area contributed by atoms with Gasteiger partial charge in [0.2, 0.25) is 0 Å². The molecule has 0 aliphatic carbocycles. The molecule has 0 bridgehead atoms. The molecule has 9 heteroatoms. The second-order valence-corrected chi connectivity index (χ2v) is 14.3. The Kier molecular flexibility index (Phi) is 35.7. The number of carbonyl (C=O) groups excluding carboxylic acids is 1. The highest BCUT2D eigenvalue weighted by Gasteiger charge is 2.24. The van der Waals surface area contributed by atoms with E-state index in [9.17, 15) is 14.3 Å². The zero-order valence-electron chi connectivity index (χ0n) is 31.0. The lowest BCUT2D eigenvalue weighted by Gasteiger charge is -2.19. The first kappa shape index (κ1) is 46.6. The number of carbonyl (C=O) groups is 1. The third kappa shape index (κ3) is 35.9. The minimum atomic E-state index is -4.26. The van der Waals surface area contributed by atoms with Crippen LogP contribution in [0.5, 0.6) is 0 Å². The molecule has 0 rings (SSSR count). The number of allylic oxidation sites excluding steroid dienone is 5. The van der Waals surface area contributed by atoms with Crippen LogP contribution < -0.4 is 5.73 Å². The Balaban J connectivity index is 4.15. The van der Waals surface area contributed by atoms with Gasteiger partial charge in [-0.2, -0.15) is 0 Å². The molecule has 8 nitrogen and oxygen atoms in total. The van der Waals surface area contributed by atoms with Crippen molar-refractivity contribution in [2.75, 3.05) is 26.4 Å². The lowest BCUT2D eigenvalue weighted by Crippen LogP contribution is -2.25. The standard InChI is InChI=1S/C39H74NO7P/c1-3-5-7-9-11-13-15-17-19-20-22-24-26-28-30-32-39(41)45-36-38(37-47-48(42,43)46-35-33-40)44-34-31-29-27-25-23-21-18-16-14-12-10-8-6-4-2/h11,13,17,19,31,34,38H,3-10,12,14-16,18,20-30,32-33,35-37,40H2,1-2H3,(H,42,43). The lowest BCUT2D eigenvalue weighted by atomic mass is 10.0. The maximum Gasteiger partial charge on any atom is 0.472 e. The predicted octanol–water partition coefficient (Wildman–Crippen LogP) is 11.4. The summed E-state index contributed by atoms with van der Waals surface area (Å²) in [6.45, 7) is 4.17. The van der Waals surface area contributed by atoms with Crippen LogP contribution in [0.15, 0.2) is 36.6 Å². The molecule has 0 aromatic carbocycles. The molecule has 0 aromatic heterocycles. The molecule has 0 radical (unpaired) electrons. The minimum absolute atomic E-state index is 0.0705. The number of hydrogen-bond acceptors (Lipinski definition) is 7. The summed E-state index contributed by atoms with van der Waals surface area (Å²) >= 11 is 0. The lowest BCUT2D eigenvalue weighted by molar-refractivity contribution is -0.147. The molecular formula is C39H74NO7P. The van der Waals surface area contributed by atoms with Gasteiger partial charge in [-0.3, -0.25) is 13.8 Å². The van der Waals surface area contributed by atoms with E-state index in [1.54, 1.807) is 6.26 Å². The number of hydrogen-bond donors (Lipinski definition) is 2. The summed E-state index contributed by atoms with van der Waals surface area (Å²) in [6.07, 6.45) is 41.1. The second-order valence-electron chi connectivity index (χ2n) is 12.9. The molecule has 0 spiro atoms. The Morgan fingerprint density at radius 2 is 1.12 bits per heavy atom. The molecular weight excluding hydrogens is 625 g/mol. The number of phosphoric acid groups is 1. The van der Waals surface area contributed by atoms with Gasteiger partial charge in [-0.1, -0.05) is 141 Å². The molecule has 3 N–H and O–H groups in total. The SMILES string of the molecule is CCCCCC=CCC=CCCCCCCCC(=O)OCC(COP(=O)(O)OCCN)OC=CCCCCCCCCCCCCCC. The van der Waals surface area contributed by atoms with Gasteiger partial charge < -0.3 is 20.1 Å². The summed E-state index contributed by atoms with van der Waals surface area (Å²) in [5, 5.41) is 0. The van der Waals surface area contributed by atoms with Gasteiger partial charge >= 0.3 is 13.8 Å². The topological polar surface area (TPSA) is 117 Å². The first-order chi connectivity index (χ1) is 23.4. The van der Waals surface area contributed by atoms with Crippen molar-refractivity contribution in [1.82, 2.24) is 0 Å². The first-order valence-corrected chi connectivity index (χ1v) is 21.0. The van der Waals surface area contributed by atoms with Crippen LogP contribution in [0.2, 0.25) is 0 Å². The smallest absolute Gasteiger partial charge is 0.472 e. The van der Waals surface area contributed by atoms with Crippen molar-refractivity contribution < 1.29 is 32.8 Å². The van der Waals surface area contributed by atoms with Crippen molar-refractivity contribution in [3.63, 3.8) is 0 Å². The van der Waals surface area contributed by atoms with E-state index in [4.69, 9.17) is 24.3 Å². The number of phosphoric ester groups is 1. The van der Waals surface area contributed by atoms with Gasteiger partial charge in [0.15, 0.2) is 6.10 Å². The van der Waals surface area contributed by atoms with Gasteiger partial charge in [-0.05, 0) is 57.4 Å². The predicted molar refractivity (Wildman–Crippen MR) is 201 cm³/mol. The Morgan fingerprint density at radius 1 is 0.646 bits per heavy atom. The number of ether oxygens (including phenoxy) is 2. The summed E-state index contributed by atoms with van der Waals surface area (Å²) in [7, 11) is -4.26. The van der Waals surface area contributed by atoms with Crippen LogP contribution in [0.25, 0.3) is 0 Å². The average molecular weight is 700 g/mol. The van der Waals surface area contributed by atoms with E-state index in [2.05, 4.69) is 38.2 Å². The highest BCUT2D eigenvalue weighted by atomic mass is 31.2. The fourth-order valence-corrected chi connectivity index (χ4v) is 5.95. The third-order valence-electron chi connectivity index (χ3n) is 8.15. The van der Waals surface area contributed by atoms with E-state index < -0.39 is 13.9 Å². The molecule has 2 unspecified atom stereocenters. The Morgan fingerprint density at radius 3 is 1.69 bits per heavy atom. The summed E-state index contributed by atoms with van der Waals surface area (Å²) in [5.74, 6) is -0.304. The molecule has 0 amide bonds. The molecule has 0 saturated carbocycles. The molecule has 0 heterocycles. The van der Waals surface area contributed by atoms with Crippen LogP contribution in [0, 0.1) is 0 Å². The maximum atomic E-state index is 12.3. The van der Waals surface area contributed by atoms with E-state index in [1.165, 1.54) is 96.3 Å². The molecule has 2 atom stereocenters. The molecule has 0 aliphatic rings. The van der Waals surface area contributed by atoms with Crippen molar-refractivity contribution >= 4 is 13.8 Å². The monoisotopic (exact) mass is 700 g/mol. The molecule has 282 valence electrons. The van der Waals surface area contributed by atoms with Crippen LogP contribution in [0.1, 0.15) is 174 Å². The van der Waals surface area contributed by atoms with Gasteiger partial charge in [0.05, 0.1) is 19.5 Å². The first-order valence-electron chi connectivity index (χ1n) is 19.5. The molecule has 0 aromatic rings. The van der Waals surface area contributed by atoms with Crippen molar-refractivity contribution in [1.29, 1.82) is 0 Å². The van der Waals surface area contributed by atoms with E-state index in [1.807, 2.05) is 6.08 Å². The van der Waals surface area contributed by atoms with Crippen molar-refractivity contribution in [2.24, 2.45) is 5.73 Å². The van der Waals surface area contributed by atoms with Crippen LogP contribution in [-0.4, -0.2) is 43.3 Å². The number of nitrogens with two attached hydrogens (primary N) is 1. The summed E-state index contributed by atoms with van der Waals surface area (Å²) in [5.41, 5.74) is 5.35. The highest BCUT2D eigenvalue weighted by molar-refractivity contribution is 7.47. The molecule has 48 heavy (non-hydrogen) atoms. The van der Waals surface area contributed by atoms with Crippen molar-refractivity contribution in [3.05, 3.63) is 36.6 Å². The third-order valence-corrected chi connectivity index (χ3v) is 9.13. The normalized spacial score (nSPS) is 13.9. The second kappa shape index (κ2) is 36.8. The summed E-state index contributed by atoms with van der Waals surface area (Å²) < 4.78 is 33.1. The van der Waals surface area contributed by atoms with Crippen molar-refractivity contribution in [3.8, 4) is 0 Å². The zero-order valence-corrected chi connectivity index (χ0v) is 31.9. The van der Waals surface area contributed by atoms with E-state index >= 15 is 0 Å². The highest BCUT2D eigenvalue weighted by Crippen LogP contribution is 2.43. The maximum absolute atomic E-state index is 12.3. The Labute approximate surface area is 295 Å². The van der Waals surface area contributed by atoms with Crippen LogP contribution in [-0.2, 0) is 27.9 Å². The van der Waals surface area contributed by atoms with Gasteiger partial charge in [0.1, 0.15) is 6.61 Å². The number of unbranched alkanes of at least 4 members (excludes halogenated alkanes) is 20. The van der Waals surface area contributed by atoms with Crippen LogP contribution in [0.3, 0.4) is 0 Å². The Bertz CT molecular complexity index is 833. The molecule has 0 fully saturated rings. The van der Waals surface area contributed by atoms with E-state index in [-0.39, 0.29) is 32.3 Å². The van der Waals surface area contributed by atoms with Crippen LogP contribution >= 0.6 is 7.82 Å². The quantitative estimate of drug-likeness (QED) is 0.0216. The van der Waals surface area contributed by atoms with E-state index in [0.29, 0.717) is 6.42 Å². The van der Waals surface area contributed by atoms with Gasteiger partial charge in [-0.25, -0.2) is 4.57 Å². The van der Waals surface area contributed by atoms with Gasteiger partial charge in [-0.15, -0.1) is 0 Å². The minimum Gasteiger partial charge on any atom is -0.492 e. The number of esters is 1. The van der Waals surface area contributed by atoms with Crippen LogP contribution in [0.4, 0.5) is 0 Å². The average Bonchev–Trinajstić information content (AvgIpc) is 3.08. The molecule has 0 aliphatic heterocycles.